The van der Waals surface area contributed by atoms with Crippen molar-refractivity contribution in [1.82, 2.24) is 4.98 Å². The molecular formula is C13H12N2OS. The van der Waals surface area contributed by atoms with Crippen LogP contribution in [0, 0.1) is 0 Å². The molecule has 0 amide bonds. The summed E-state index contributed by atoms with van der Waals surface area (Å²) in [6.45, 7) is 2.14. The average molecular weight is 244 g/mol. The zero-order valence-electron chi connectivity index (χ0n) is 9.43. The first-order valence-electron chi connectivity index (χ1n) is 5.50. The zero-order valence-corrected chi connectivity index (χ0v) is 10.3. The first-order valence-corrected chi connectivity index (χ1v) is 6.38. The van der Waals surface area contributed by atoms with Gasteiger partial charge >= 0.3 is 0 Å². The molecule has 0 spiro atoms. The summed E-state index contributed by atoms with van der Waals surface area (Å²) >= 11 is 1.42. The first kappa shape index (κ1) is 10.4. The number of anilines is 1. The van der Waals surface area contributed by atoms with Crippen LogP contribution in [0.25, 0.3) is 22.4 Å². The molecule has 0 bridgehead atoms. The Morgan fingerprint density at radius 3 is 2.94 bits per heavy atom. The maximum atomic E-state index is 5.76. The van der Waals surface area contributed by atoms with Gasteiger partial charge in [-0.15, -0.1) is 11.3 Å². The number of furan rings is 1. The molecule has 0 unspecified atom stereocenters. The molecule has 2 aromatic heterocycles. The number of hydrogen-bond donors (Lipinski definition) is 1. The maximum absolute atomic E-state index is 5.76. The topological polar surface area (TPSA) is 52.0 Å². The molecular weight excluding hydrogens is 232 g/mol. The third-order valence-corrected chi connectivity index (χ3v) is 3.44. The summed E-state index contributed by atoms with van der Waals surface area (Å²) in [5.41, 5.74) is 8.63. The van der Waals surface area contributed by atoms with E-state index in [2.05, 4.69) is 24.0 Å². The van der Waals surface area contributed by atoms with Crippen LogP contribution in [0.2, 0.25) is 0 Å². The largest absolute Gasteiger partial charge is 0.454 e. The predicted molar refractivity (Wildman–Crippen MR) is 71.1 cm³/mol. The molecule has 3 nitrogen and oxygen atoms in total. The van der Waals surface area contributed by atoms with E-state index in [9.17, 15) is 0 Å². The summed E-state index contributed by atoms with van der Waals surface area (Å²) < 4.78 is 5.76. The Bertz CT molecular complexity index is 669. The summed E-state index contributed by atoms with van der Waals surface area (Å²) in [5.74, 6) is 0.779. The van der Waals surface area contributed by atoms with E-state index in [-0.39, 0.29) is 0 Å². The molecule has 1 aromatic carbocycles. The van der Waals surface area contributed by atoms with Gasteiger partial charge in [-0.2, -0.15) is 0 Å². The van der Waals surface area contributed by atoms with Crippen LogP contribution in [0.5, 0.6) is 0 Å². The van der Waals surface area contributed by atoms with Crippen LogP contribution in [0.15, 0.2) is 34.1 Å². The first-order chi connectivity index (χ1) is 8.26. The standard InChI is InChI=1S/C13H12N2OS/c1-2-8-3-4-11-9(5-8)6-12(16-11)10-7-17-13(14)15-10/h3-7H,2H2,1H3,(H2,14,15). The lowest BCUT2D eigenvalue weighted by molar-refractivity contribution is 0.629. The van der Waals surface area contributed by atoms with Crippen molar-refractivity contribution >= 4 is 27.4 Å². The van der Waals surface area contributed by atoms with Gasteiger partial charge < -0.3 is 10.2 Å². The minimum Gasteiger partial charge on any atom is -0.454 e. The van der Waals surface area contributed by atoms with Gasteiger partial charge in [0.2, 0.25) is 0 Å². The lowest BCUT2D eigenvalue weighted by Crippen LogP contribution is -1.81. The molecule has 0 aliphatic rings. The molecule has 0 atom stereocenters. The van der Waals surface area contributed by atoms with E-state index < -0.39 is 0 Å². The molecule has 17 heavy (non-hydrogen) atoms. The van der Waals surface area contributed by atoms with Crippen molar-refractivity contribution in [3.05, 3.63) is 35.2 Å². The van der Waals surface area contributed by atoms with Gasteiger partial charge in [-0.3, -0.25) is 0 Å². The van der Waals surface area contributed by atoms with E-state index >= 15 is 0 Å². The second kappa shape index (κ2) is 3.89. The number of nitrogens with two attached hydrogens (primary N) is 1. The van der Waals surface area contributed by atoms with E-state index in [4.69, 9.17) is 10.2 Å². The van der Waals surface area contributed by atoms with Gasteiger partial charge in [-0.25, -0.2) is 4.98 Å². The summed E-state index contributed by atoms with van der Waals surface area (Å²) in [6, 6.07) is 8.26. The zero-order chi connectivity index (χ0) is 11.8. The summed E-state index contributed by atoms with van der Waals surface area (Å²) in [5, 5.41) is 3.59. The lowest BCUT2D eigenvalue weighted by atomic mass is 10.1. The Labute approximate surface area is 103 Å². The third kappa shape index (κ3) is 1.80. The number of aromatic nitrogens is 1. The molecule has 0 fully saturated rings. The average Bonchev–Trinajstić information content (AvgIpc) is 2.93. The smallest absolute Gasteiger partial charge is 0.180 e. The lowest BCUT2D eigenvalue weighted by Gasteiger charge is -1.93. The van der Waals surface area contributed by atoms with Crippen molar-refractivity contribution in [2.75, 3.05) is 5.73 Å². The number of nitrogens with zero attached hydrogens (tertiary/aromatic N) is 1. The number of benzene rings is 1. The Morgan fingerprint density at radius 1 is 1.35 bits per heavy atom. The van der Waals surface area contributed by atoms with Crippen LogP contribution in [0.1, 0.15) is 12.5 Å². The van der Waals surface area contributed by atoms with Crippen LogP contribution in [-0.4, -0.2) is 4.98 Å². The highest BCUT2D eigenvalue weighted by atomic mass is 32.1. The fourth-order valence-corrected chi connectivity index (χ4v) is 2.39. The Hall–Kier alpha value is -1.81. The van der Waals surface area contributed by atoms with E-state index in [0.717, 1.165) is 28.8 Å². The fraction of sp³-hybridized carbons (Fsp3) is 0.154. The quantitative estimate of drug-likeness (QED) is 0.747. The molecule has 3 rings (SSSR count). The van der Waals surface area contributed by atoms with Crippen LogP contribution in [0.4, 0.5) is 5.13 Å². The summed E-state index contributed by atoms with van der Waals surface area (Å²) in [4.78, 5) is 4.22. The Balaban J connectivity index is 2.13. The SMILES string of the molecule is CCc1ccc2oc(-c3csc(N)n3)cc2c1. The van der Waals surface area contributed by atoms with Crippen LogP contribution >= 0.6 is 11.3 Å². The molecule has 0 aliphatic heterocycles. The van der Waals surface area contributed by atoms with Gasteiger partial charge in [0.25, 0.3) is 0 Å². The summed E-state index contributed by atoms with van der Waals surface area (Å²) in [7, 11) is 0. The number of hydrogen-bond acceptors (Lipinski definition) is 4. The number of rotatable bonds is 2. The molecule has 2 N–H and O–H groups in total. The second-order valence-corrected chi connectivity index (χ2v) is 4.80. The van der Waals surface area contributed by atoms with Crippen molar-refractivity contribution in [2.24, 2.45) is 0 Å². The van der Waals surface area contributed by atoms with Crippen LogP contribution in [0.3, 0.4) is 0 Å². The van der Waals surface area contributed by atoms with E-state index in [1.54, 1.807) is 0 Å². The van der Waals surface area contributed by atoms with Crippen molar-refractivity contribution < 1.29 is 4.42 Å². The molecule has 2 heterocycles. The molecule has 0 saturated heterocycles. The second-order valence-electron chi connectivity index (χ2n) is 3.91. The molecule has 0 aliphatic carbocycles. The molecule has 0 saturated carbocycles. The number of aryl methyl sites for hydroxylation is 1. The third-order valence-electron chi connectivity index (χ3n) is 2.76. The molecule has 0 radical (unpaired) electrons. The number of nitrogen functional groups attached to an aromatic ring is 1. The van der Waals surface area contributed by atoms with E-state index in [1.807, 2.05) is 17.5 Å². The molecule has 4 heteroatoms. The van der Waals surface area contributed by atoms with E-state index in [0.29, 0.717) is 5.13 Å². The van der Waals surface area contributed by atoms with Gasteiger partial charge in [-0.1, -0.05) is 13.0 Å². The van der Waals surface area contributed by atoms with Gasteiger partial charge in [-0.05, 0) is 30.2 Å². The minimum atomic E-state index is 0.565. The van der Waals surface area contributed by atoms with Gasteiger partial charge in [0, 0.05) is 10.8 Å². The molecule has 3 aromatic rings. The Morgan fingerprint density at radius 2 is 2.24 bits per heavy atom. The normalized spacial score (nSPS) is 11.1. The number of fused-ring (bicyclic) bond motifs is 1. The van der Waals surface area contributed by atoms with Crippen molar-refractivity contribution in [2.45, 2.75) is 13.3 Å². The van der Waals surface area contributed by atoms with Gasteiger partial charge in [0.15, 0.2) is 10.9 Å². The highest BCUT2D eigenvalue weighted by Gasteiger charge is 2.09. The highest BCUT2D eigenvalue weighted by Crippen LogP contribution is 2.29. The van der Waals surface area contributed by atoms with Crippen LogP contribution in [-0.2, 0) is 6.42 Å². The minimum absolute atomic E-state index is 0.565. The van der Waals surface area contributed by atoms with Gasteiger partial charge in [0.05, 0.1) is 0 Å². The maximum Gasteiger partial charge on any atom is 0.180 e. The molecule has 86 valence electrons. The monoisotopic (exact) mass is 244 g/mol. The summed E-state index contributed by atoms with van der Waals surface area (Å²) in [6.07, 6.45) is 1.03. The van der Waals surface area contributed by atoms with Crippen molar-refractivity contribution in [3.63, 3.8) is 0 Å². The van der Waals surface area contributed by atoms with Gasteiger partial charge in [0.1, 0.15) is 11.3 Å². The number of thiazole rings is 1. The fourth-order valence-electron chi connectivity index (χ4n) is 1.84. The van der Waals surface area contributed by atoms with Crippen molar-refractivity contribution in [3.8, 4) is 11.5 Å². The van der Waals surface area contributed by atoms with E-state index in [1.165, 1.54) is 16.9 Å². The highest BCUT2D eigenvalue weighted by molar-refractivity contribution is 7.13. The van der Waals surface area contributed by atoms with Crippen LogP contribution < -0.4 is 5.73 Å². The Kier molecular flexibility index (Phi) is 2.37. The van der Waals surface area contributed by atoms with Crippen molar-refractivity contribution in [1.29, 1.82) is 0 Å². The predicted octanol–water partition coefficient (Wildman–Crippen LogP) is 3.70.